The van der Waals surface area contributed by atoms with E-state index >= 15 is 0 Å². The van der Waals surface area contributed by atoms with Crippen LogP contribution in [0.25, 0.3) is 11.1 Å². The lowest BCUT2D eigenvalue weighted by Crippen LogP contribution is -1.96. The summed E-state index contributed by atoms with van der Waals surface area (Å²) in [7, 11) is 0. The maximum Gasteiger partial charge on any atom is 0.105 e. The van der Waals surface area contributed by atoms with Crippen molar-refractivity contribution in [3.8, 4) is 11.1 Å². The number of hydrogen-bond acceptors (Lipinski definition) is 2. The van der Waals surface area contributed by atoms with Gasteiger partial charge in [0.05, 0.1) is 10.2 Å². The number of aliphatic hydroxyl groups excluding tert-OH is 1. The van der Waals surface area contributed by atoms with Crippen LogP contribution in [-0.4, -0.2) is 5.11 Å². The fourth-order valence-electron chi connectivity index (χ4n) is 2.34. The van der Waals surface area contributed by atoms with Gasteiger partial charge >= 0.3 is 0 Å². The summed E-state index contributed by atoms with van der Waals surface area (Å²) in [6.45, 7) is 0. The smallest absolute Gasteiger partial charge is 0.105 e. The van der Waals surface area contributed by atoms with Gasteiger partial charge in [-0.3, -0.25) is 0 Å². The zero-order valence-corrected chi connectivity index (χ0v) is 13.8. The molecule has 0 radical (unpaired) electrons. The summed E-state index contributed by atoms with van der Waals surface area (Å²) in [5, 5.41) is 10.4. The molecule has 3 N–H and O–H groups in total. The maximum atomic E-state index is 10.4. The van der Waals surface area contributed by atoms with Gasteiger partial charge in [0.25, 0.3) is 0 Å². The molecule has 18 heavy (non-hydrogen) atoms. The summed E-state index contributed by atoms with van der Waals surface area (Å²) in [5.41, 5.74) is 10.4. The molecule has 0 bridgehead atoms. The first-order valence-corrected chi connectivity index (χ1v) is 7.64. The lowest BCUT2D eigenvalue weighted by atomic mass is 10.0. The number of anilines is 1. The molecule has 0 aliphatic heterocycles. The van der Waals surface area contributed by atoms with Crippen molar-refractivity contribution in [2.75, 3.05) is 5.73 Å². The van der Waals surface area contributed by atoms with Gasteiger partial charge in [-0.05, 0) is 66.7 Å². The molecule has 1 aliphatic rings. The zero-order chi connectivity index (χ0) is 13.0. The molecule has 1 unspecified atom stereocenters. The van der Waals surface area contributed by atoms with Crippen molar-refractivity contribution in [1.82, 2.24) is 0 Å². The van der Waals surface area contributed by atoms with E-state index in [1.165, 1.54) is 0 Å². The Kier molecular flexibility index (Phi) is 3.05. The van der Waals surface area contributed by atoms with Crippen molar-refractivity contribution < 1.29 is 5.11 Å². The zero-order valence-electron chi connectivity index (χ0n) is 9.05. The van der Waals surface area contributed by atoms with Crippen molar-refractivity contribution in [3.63, 3.8) is 0 Å². The van der Waals surface area contributed by atoms with Crippen LogP contribution >= 0.6 is 47.8 Å². The Hall–Kier alpha value is -0.360. The van der Waals surface area contributed by atoms with Crippen LogP contribution in [0, 0.1) is 0 Å². The predicted octanol–water partition coefficient (Wildman–Crippen LogP) is 4.62. The molecule has 1 atom stereocenters. The van der Waals surface area contributed by atoms with Crippen LogP contribution in [-0.2, 0) is 0 Å². The first kappa shape index (κ1) is 12.7. The molecule has 1 aliphatic carbocycles. The lowest BCUT2D eigenvalue weighted by Gasteiger charge is -2.10. The van der Waals surface area contributed by atoms with Crippen LogP contribution in [0.5, 0.6) is 0 Å². The van der Waals surface area contributed by atoms with E-state index in [9.17, 15) is 5.11 Å². The standard InChI is InChI=1S/C13H8Br3NO/c14-5-1-2-6-7(3-5)13(18)8-4-9(15)11(16)12(17)10(6)8/h1-4,13,18H,17H2. The van der Waals surface area contributed by atoms with Gasteiger partial charge in [0.2, 0.25) is 0 Å². The first-order chi connectivity index (χ1) is 8.50. The Balaban J connectivity index is 2.38. The molecule has 2 nitrogen and oxygen atoms in total. The summed E-state index contributed by atoms with van der Waals surface area (Å²) >= 11 is 10.3. The van der Waals surface area contributed by atoms with Gasteiger partial charge in [-0.2, -0.15) is 0 Å². The molecule has 0 saturated heterocycles. The van der Waals surface area contributed by atoms with E-state index in [0.717, 1.165) is 35.7 Å². The van der Waals surface area contributed by atoms with Gasteiger partial charge in [-0.15, -0.1) is 0 Å². The fourth-order valence-corrected chi connectivity index (χ4v) is 3.49. The van der Waals surface area contributed by atoms with E-state index in [1.807, 2.05) is 24.3 Å². The molecule has 0 spiro atoms. The van der Waals surface area contributed by atoms with Crippen LogP contribution in [0.2, 0.25) is 0 Å². The molecule has 2 aromatic rings. The molecule has 0 saturated carbocycles. The van der Waals surface area contributed by atoms with Gasteiger partial charge in [0, 0.05) is 14.5 Å². The van der Waals surface area contributed by atoms with Crippen LogP contribution in [0.3, 0.4) is 0 Å². The number of halogens is 3. The third-order valence-corrected chi connectivity index (χ3v) is 5.66. The molecular weight excluding hydrogens is 426 g/mol. The molecule has 0 heterocycles. The second-order valence-electron chi connectivity index (χ2n) is 4.18. The highest BCUT2D eigenvalue weighted by Crippen LogP contribution is 2.50. The Morgan fingerprint density at radius 1 is 1.06 bits per heavy atom. The average Bonchev–Trinajstić information content (AvgIpc) is 2.60. The second kappa shape index (κ2) is 4.34. The minimum Gasteiger partial charge on any atom is -0.397 e. The van der Waals surface area contributed by atoms with E-state index in [0.29, 0.717) is 5.69 Å². The molecule has 5 heteroatoms. The van der Waals surface area contributed by atoms with Crippen molar-refractivity contribution in [3.05, 3.63) is 48.8 Å². The highest BCUT2D eigenvalue weighted by Gasteiger charge is 2.30. The summed E-state index contributed by atoms with van der Waals surface area (Å²) in [4.78, 5) is 0. The third-order valence-electron chi connectivity index (χ3n) is 3.16. The van der Waals surface area contributed by atoms with E-state index < -0.39 is 6.10 Å². The number of benzene rings is 2. The highest BCUT2D eigenvalue weighted by atomic mass is 79.9. The summed E-state index contributed by atoms with van der Waals surface area (Å²) in [5.74, 6) is 0. The number of nitrogen functional groups attached to an aromatic ring is 1. The summed E-state index contributed by atoms with van der Waals surface area (Å²) in [6, 6.07) is 7.77. The van der Waals surface area contributed by atoms with E-state index in [-0.39, 0.29) is 0 Å². The van der Waals surface area contributed by atoms with Crippen LogP contribution in [0.1, 0.15) is 17.2 Å². The van der Waals surface area contributed by atoms with Crippen molar-refractivity contribution in [1.29, 1.82) is 0 Å². The van der Waals surface area contributed by atoms with Crippen molar-refractivity contribution >= 4 is 53.5 Å². The Bertz CT molecular complexity index is 670. The molecule has 0 amide bonds. The first-order valence-electron chi connectivity index (χ1n) is 5.26. The van der Waals surface area contributed by atoms with Gasteiger partial charge in [-0.1, -0.05) is 22.0 Å². The lowest BCUT2D eigenvalue weighted by molar-refractivity contribution is 0.225. The summed E-state index contributed by atoms with van der Waals surface area (Å²) < 4.78 is 2.62. The van der Waals surface area contributed by atoms with Crippen molar-refractivity contribution in [2.45, 2.75) is 6.10 Å². The van der Waals surface area contributed by atoms with Gasteiger partial charge in [0.1, 0.15) is 6.10 Å². The normalized spacial score (nSPS) is 16.6. The molecular formula is C13H8Br3NO. The monoisotopic (exact) mass is 431 g/mol. The number of fused-ring (bicyclic) bond motifs is 3. The molecule has 0 aromatic heterocycles. The minimum absolute atomic E-state index is 0.626. The predicted molar refractivity (Wildman–Crippen MR) is 83.5 cm³/mol. The van der Waals surface area contributed by atoms with E-state index in [1.54, 1.807) is 0 Å². The number of aliphatic hydroxyl groups is 1. The van der Waals surface area contributed by atoms with E-state index in [2.05, 4.69) is 47.8 Å². The van der Waals surface area contributed by atoms with Gasteiger partial charge in [0.15, 0.2) is 0 Å². The number of rotatable bonds is 0. The average molecular weight is 434 g/mol. The Morgan fingerprint density at radius 3 is 2.50 bits per heavy atom. The Morgan fingerprint density at radius 2 is 1.78 bits per heavy atom. The topological polar surface area (TPSA) is 46.2 Å². The molecule has 92 valence electrons. The van der Waals surface area contributed by atoms with Gasteiger partial charge < -0.3 is 10.8 Å². The van der Waals surface area contributed by atoms with Crippen molar-refractivity contribution in [2.24, 2.45) is 0 Å². The van der Waals surface area contributed by atoms with Crippen LogP contribution < -0.4 is 5.73 Å². The second-order valence-corrected chi connectivity index (χ2v) is 6.75. The van der Waals surface area contributed by atoms with E-state index in [4.69, 9.17) is 5.73 Å². The molecule has 3 rings (SSSR count). The molecule has 2 aromatic carbocycles. The molecule has 0 fully saturated rings. The van der Waals surface area contributed by atoms with Crippen LogP contribution in [0.4, 0.5) is 5.69 Å². The fraction of sp³-hybridized carbons (Fsp3) is 0.0769. The number of hydrogen-bond donors (Lipinski definition) is 2. The maximum absolute atomic E-state index is 10.4. The van der Waals surface area contributed by atoms with Crippen LogP contribution in [0.15, 0.2) is 37.7 Å². The largest absolute Gasteiger partial charge is 0.397 e. The highest BCUT2D eigenvalue weighted by molar-refractivity contribution is 9.13. The Labute approximate surface area is 130 Å². The SMILES string of the molecule is Nc1c(Br)c(Br)cc2c1-c1ccc(Br)cc1C2O. The number of nitrogens with two attached hydrogens (primary N) is 1. The minimum atomic E-state index is -0.626. The summed E-state index contributed by atoms with van der Waals surface area (Å²) in [6.07, 6.45) is -0.626. The third kappa shape index (κ3) is 1.68. The van der Waals surface area contributed by atoms with Gasteiger partial charge in [-0.25, -0.2) is 0 Å². The quantitative estimate of drug-likeness (QED) is 0.595.